The lowest BCUT2D eigenvalue weighted by Crippen LogP contribution is -2.11. The van der Waals surface area contributed by atoms with E-state index in [0.717, 1.165) is 0 Å². The third-order valence-electron chi connectivity index (χ3n) is 2.55. The Bertz CT molecular complexity index is 463. The van der Waals surface area contributed by atoms with Gasteiger partial charge in [-0.25, -0.2) is 14.2 Å². The molecule has 0 radical (unpaired) electrons. The fraction of sp³-hybridized carbons (Fsp3) is 0.545. The topological polar surface area (TPSA) is 68.3 Å². The highest BCUT2D eigenvalue weighted by Gasteiger charge is 2.43. The number of nitrogens with one attached hydrogen (secondary N) is 1. The van der Waals surface area contributed by atoms with E-state index < -0.39 is 12.1 Å². The lowest BCUT2D eigenvalue weighted by atomic mass is 10.2. The largest absolute Gasteiger partial charge is 0.461 e. The second kappa shape index (κ2) is 5.43. The van der Waals surface area contributed by atoms with Gasteiger partial charge in [0.05, 0.1) is 13.2 Å². The molecule has 0 unspecified atom stereocenters. The number of amides is 1. The van der Waals surface area contributed by atoms with Crippen LogP contribution in [0, 0.1) is 0 Å². The van der Waals surface area contributed by atoms with E-state index in [2.05, 4.69) is 10.3 Å². The van der Waals surface area contributed by atoms with Crippen molar-refractivity contribution in [1.29, 1.82) is 0 Å². The predicted molar refractivity (Wildman–Crippen MR) is 63.2 cm³/mol. The molecule has 2 atom stereocenters. The van der Waals surface area contributed by atoms with Gasteiger partial charge < -0.3 is 10.1 Å². The zero-order valence-corrected chi connectivity index (χ0v) is 10.6. The van der Waals surface area contributed by atoms with E-state index in [1.165, 1.54) is 11.3 Å². The molecule has 0 spiro atoms. The number of rotatable bonds is 6. The molecular weight excluding hydrogens is 259 g/mol. The average molecular weight is 272 g/mol. The molecule has 0 saturated heterocycles. The van der Waals surface area contributed by atoms with E-state index in [9.17, 15) is 14.0 Å². The van der Waals surface area contributed by atoms with Crippen molar-refractivity contribution in [1.82, 2.24) is 10.3 Å². The van der Waals surface area contributed by atoms with Crippen LogP contribution in [0.3, 0.4) is 0 Å². The van der Waals surface area contributed by atoms with Gasteiger partial charge in [0, 0.05) is 10.8 Å². The molecule has 2 rings (SSSR count). The van der Waals surface area contributed by atoms with Crippen molar-refractivity contribution >= 4 is 23.7 Å². The Labute approximate surface area is 107 Å². The highest BCUT2D eigenvalue weighted by molar-refractivity contribution is 7.12. The Balaban J connectivity index is 2.21. The van der Waals surface area contributed by atoms with Crippen LogP contribution in [-0.4, -0.2) is 30.1 Å². The second-order valence-electron chi connectivity index (χ2n) is 3.90. The van der Waals surface area contributed by atoms with Crippen molar-refractivity contribution in [2.75, 3.05) is 6.61 Å². The lowest BCUT2D eigenvalue weighted by Gasteiger charge is -2.00. The SMILES string of the molecule is CCOC(=O)c1nc(CNC=O)sc1[C@@H]1C[C@H]1F. The molecule has 1 saturated carbocycles. The first-order chi connectivity index (χ1) is 8.67. The van der Waals surface area contributed by atoms with Gasteiger partial charge in [-0.05, 0) is 13.3 Å². The monoisotopic (exact) mass is 272 g/mol. The highest BCUT2D eigenvalue weighted by atomic mass is 32.1. The van der Waals surface area contributed by atoms with Crippen LogP contribution in [-0.2, 0) is 16.1 Å². The lowest BCUT2D eigenvalue weighted by molar-refractivity contribution is -0.109. The number of ether oxygens (including phenoxy) is 1. The van der Waals surface area contributed by atoms with E-state index >= 15 is 0 Å². The summed E-state index contributed by atoms with van der Waals surface area (Å²) in [4.78, 5) is 26.7. The minimum Gasteiger partial charge on any atom is -0.461 e. The number of hydrogen-bond acceptors (Lipinski definition) is 5. The molecule has 1 amide bonds. The first-order valence-electron chi connectivity index (χ1n) is 5.65. The number of carbonyl (C=O) groups excluding carboxylic acids is 2. The van der Waals surface area contributed by atoms with Crippen LogP contribution in [0.4, 0.5) is 4.39 Å². The maximum atomic E-state index is 13.1. The number of carbonyl (C=O) groups is 2. The molecule has 1 N–H and O–H groups in total. The summed E-state index contributed by atoms with van der Waals surface area (Å²) in [5, 5.41) is 3.05. The minimum atomic E-state index is -0.898. The second-order valence-corrected chi connectivity index (χ2v) is 5.01. The smallest absolute Gasteiger partial charge is 0.358 e. The maximum Gasteiger partial charge on any atom is 0.358 e. The molecule has 1 aromatic rings. The number of alkyl halides is 1. The van der Waals surface area contributed by atoms with E-state index in [-0.39, 0.29) is 24.8 Å². The minimum absolute atomic E-state index is 0.190. The summed E-state index contributed by atoms with van der Waals surface area (Å²) in [6.45, 7) is 2.19. The van der Waals surface area contributed by atoms with Crippen LogP contribution in [0.15, 0.2) is 0 Å². The number of nitrogens with zero attached hydrogens (tertiary/aromatic N) is 1. The van der Waals surface area contributed by atoms with E-state index in [1.807, 2.05) is 0 Å². The molecule has 1 aliphatic carbocycles. The van der Waals surface area contributed by atoms with Crippen molar-refractivity contribution in [2.45, 2.75) is 32.0 Å². The molecule has 1 fully saturated rings. The van der Waals surface area contributed by atoms with Crippen LogP contribution in [0.5, 0.6) is 0 Å². The van der Waals surface area contributed by atoms with Gasteiger partial charge in [0.15, 0.2) is 5.69 Å². The summed E-state index contributed by atoms with van der Waals surface area (Å²) in [7, 11) is 0. The molecule has 7 heteroatoms. The summed E-state index contributed by atoms with van der Waals surface area (Å²) in [5.41, 5.74) is 0.190. The van der Waals surface area contributed by atoms with Gasteiger partial charge in [0.1, 0.15) is 11.2 Å². The molecule has 1 heterocycles. The molecule has 0 aromatic carbocycles. The molecule has 98 valence electrons. The first kappa shape index (κ1) is 12.9. The summed E-state index contributed by atoms with van der Waals surface area (Å²) in [5.74, 6) is -0.771. The van der Waals surface area contributed by atoms with E-state index in [0.29, 0.717) is 22.7 Å². The zero-order chi connectivity index (χ0) is 13.1. The Morgan fingerprint density at radius 2 is 2.44 bits per heavy atom. The molecule has 0 bridgehead atoms. The molecule has 1 aromatic heterocycles. The summed E-state index contributed by atoms with van der Waals surface area (Å²) in [6, 6.07) is 0. The normalized spacial score (nSPS) is 21.4. The van der Waals surface area contributed by atoms with Crippen molar-refractivity contribution in [3.05, 3.63) is 15.6 Å². The summed E-state index contributed by atoms with van der Waals surface area (Å²) < 4.78 is 18.0. The third-order valence-corrected chi connectivity index (χ3v) is 3.74. The van der Waals surface area contributed by atoms with E-state index in [4.69, 9.17) is 4.74 Å². The molecular formula is C11H13FN2O3S. The maximum absolute atomic E-state index is 13.1. The van der Waals surface area contributed by atoms with Crippen LogP contribution in [0.25, 0.3) is 0 Å². The quantitative estimate of drug-likeness (QED) is 0.627. The number of hydrogen-bond donors (Lipinski definition) is 1. The van der Waals surface area contributed by atoms with Crippen molar-refractivity contribution in [2.24, 2.45) is 0 Å². The van der Waals surface area contributed by atoms with Gasteiger partial charge in [-0.3, -0.25) is 4.79 Å². The van der Waals surface area contributed by atoms with Crippen LogP contribution >= 0.6 is 11.3 Å². The van der Waals surface area contributed by atoms with Gasteiger partial charge >= 0.3 is 5.97 Å². The Morgan fingerprint density at radius 3 is 3.00 bits per heavy atom. The fourth-order valence-electron chi connectivity index (χ4n) is 1.61. The van der Waals surface area contributed by atoms with Crippen molar-refractivity contribution in [3.63, 3.8) is 0 Å². The first-order valence-corrected chi connectivity index (χ1v) is 6.46. The van der Waals surface area contributed by atoms with Gasteiger partial charge in [-0.2, -0.15) is 0 Å². The zero-order valence-electron chi connectivity index (χ0n) is 9.81. The van der Waals surface area contributed by atoms with E-state index in [1.54, 1.807) is 6.92 Å². The van der Waals surface area contributed by atoms with Crippen LogP contribution in [0.2, 0.25) is 0 Å². The third kappa shape index (κ3) is 2.66. The van der Waals surface area contributed by atoms with Crippen LogP contribution < -0.4 is 5.32 Å². The average Bonchev–Trinajstić information content (AvgIpc) is 2.92. The van der Waals surface area contributed by atoms with Crippen LogP contribution in [0.1, 0.15) is 39.6 Å². The summed E-state index contributed by atoms with van der Waals surface area (Å²) >= 11 is 1.25. The molecule has 0 aliphatic heterocycles. The highest BCUT2D eigenvalue weighted by Crippen LogP contribution is 2.47. The standard InChI is InChI=1S/C11H13FN2O3S/c1-2-17-11(16)9-10(6-3-7(6)12)18-8(14-9)4-13-5-15/h5-7H,2-4H2,1H3,(H,13,15)/t6-,7-/m1/s1. The van der Waals surface area contributed by atoms with Crippen molar-refractivity contribution < 1.29 is 18.7 Å². The number of esters is 1. The molecule has 18 heavy (non-hydrogen) atoms. The number of halogens is 1. The Hall–Kier alpha value is -1.50. The Kier molecular flexibility index (Phi) is 3.90. The van der Waals surface area contributed by atoms with Gasteiger partial charge in [-0.15, -0.1) is 11.3 Å². The molecule has 5 nitrogen and oxygen atoms in total. The van der Waals surface area contributed by atoms with Gasteiger partial charge in [0.25, 0.3) is 0 Å². The van der Waals surface area contributed by atoms with Gasteiger partial charge in [0.2, 0.25) is 6.41 Å². The summed E-state index contributed by atoms with van der Waals surface area (Å²) in [6.07, 6.45) is 0.0838. The van der Waals surface area contributed by atoms with Gasteiger partial charge in [-0.1, -0.05) is 0 Å². The molecule has 1 aliphatic rings. The van der Waals surface area contributed by atoms with Crippen molar-refractivity contribution in [3.8, 4) is 0 Å². The predicted octanol–water partition coefficient (Wildman–Crippen LogP) is 1.39. The Morgan fingerprint density at radius 1 is 1.72 bits per heavy atom. The number of thiazole rings is 1. The fourth-order valence-corrected chi connectivity index (χ4v) is 2.78. The number of aromatic nitrogens is 1.